The van der Waals surface area contributed by atoms with Gasteiger partial charge in [-0.25, -0.2) is 0 Å². The highest BCUT2D eigenvalue weighted by atomic mass is 32.2. The van der Waals surface area contributed by atoms with Crippen LogP contribution >= 0.6 is 0 Å². The average Bonchev–Trinajstić information content (AvgIpc) is 2.94. The van der Waals surface area contributed by atoms with E-state index in [2.05, 4.69) is 16.0 Å². The molecule has 2 aromatic rings. The molecule has 39 heavy (non-hydrogen) atoms. The number of hydrogen-bond acceptors (Lipinski definition) is 7. The fourth-order valence-corrected chi connectivity index (χ4v) is 5.63. The molecular weight excluding hydrogens is 521 g/mol. The Morgan fingerprint density at radius 1 is 1.00 bits per heavy atom. The molecule has 1 saturated carbocycles. The lowest BCUT2D eigenvalue weighted by atomic mass is 9.70. The van der Waals surface area contributed by atoms with Gasteiger partial charge in [-0.15, -0.1) is 0 Å². The van der Waals surface area contributed by atoms with Crippen LogP contribution in [0, 0.1) is 10.8 Å². The molecule has 13 heteroatoms. The molecule has 1 atom stereocenters. The molecule has 1 fully saturated rings. The van der Waals surface area contributed by atoms with Gasteiger partial charge in [-0.05, 0) is 43.4 Å². The van der Waals surface area contributed by atoms with Crippen LogP contribution in [0.1, 0.15) is 50.5 Å². The maximum atomic E-state index is 13.7. The molecule has 0 heterocycles. The van der Waals surface area contributed by atoms with Gasteiger partial charge in [-0.2, -0.15) is 8.42 Å². The highest BCUT2D eigenvalue weighted by molar-refractivity contribution is 7.87. The Hall–Kier alpha value is -3.42. The van der Waals surface area contributed by atoms with E-state index in [-0.39, 0.29) is 30.4 Å². The zero-order valence-electron chi connectivity index (χ0n) is 21.8. The molecule has 0 unspecified atom stereocenters. The highest BCUT2D eigenvalue weighted by Gasteiger charge is 2.48. The van der Waals surface area contributed by atoms with Crippen LogP contribution < -0.4 is 21.7 Å². The van der Waals surface area contributed by atoms with Gasteiger partial charge < -0.3 is 26.7 Å². The Labute approximate surface area is 229 Å². The predicted molar refractivity (Wildman–Crippen MR) is 148 cm³/mol. The van der Waals surface area contributed by atoms with Crippen molar-refractivity contribution in [2.45, 2.75) is 62.3 Å². The summed E-state index contributed by atoms with van der Waals surface area (Å²) in [7, 11) is -6.24. The minimum atomic E-state index is -4.33. The summed E-state index contributed by atoms with van der Waals surface area (Å²) in [5.74, 6) is -2.38. The lowest BCUT2D eigenvalue weighted by Gasteiger charge is -2.36. The van der Waals surface area contributed by atoms with E-state index in [4.69, 9.17) is 15.2 Å². The molecule has 0 spiro atoms. The Kier molecular flexibility index (Phi) is 10.9. The summed E-state index contributed by atoms with van der Waals surface area (Å²) in [4.78, 5) is 27.0. The first kappa shape index (κ1) is 30.1. The first-order chi connectivity index (χ1) is 18.6. The van der Waals surface area contributed by atoms with Crippen molar-refractivity contribution in [2.75, 3.05) is 6.54 Å². The van der Waals surface area contributed by atoms with Crippen molar-refractivity contribution in [3.8, 4) is 0 Å². The molecule has 11 nitrogen and oxygen atoms in total. The second-order valence-electron chi connectivity index (χ2n) is 9.63. The zero-order valence-corrected chi connectivity index (χ0v) is 22.6. The molecule has 0 bridgehead atoms. The van der Waals surface area contributed by atoms with Crippen LogP contribution in [0.2, 0.25) is 0 Å². The van der Waals surface area contributed by atoms with Gasteiger partial charge in [-0.3, -0.25) is 19.1 Å². The number of hydrogen-bond donors (Lipinski definition) is 6. The number of rotatable bonds is 13. The van der Waals surface area contributed by atoms with Crippen molar-refractivity contribution in [3.63, 3.8) is 0 Å². The van der Waals surface area contributed by atoms with Crippen LogP contribution in [-0.4, -0.2) is 50.8 Å². The van der Waals surface area contributed by atoms with Gasteiger partial charge in [-0.1, -0.05) is 67.8 Å². The Morgan fingerprint density at radius 3 is 2.23 bits per heavy atom. The zero-order chi connectivity index (χ0) is 28.3. The third kappa shape index (κ3) is 8.54. The van der Waals surface area contributed by atoms with Gasteiger partial charge in [0, 0.05) is 13.1 Å². The molecule has 210 valence electrons. The predicted octanol–water partition coefficient (Wildman–Crippen LogP) is 1.43. The number of benzene rings is 2. The van der Waals surface area contributed by atoms with Gasteiger partial charge in [0.05, 0.1) is 10.8 Å². The molecule has 1 aliphatic carbocycles. The maximum absolute atomic E-state index is 13.7. The van der Waals surface area contributed by atoms with Gasteiger partial charge in [0.25, 0.3) is 10.1 Å². The number of amides is 2. The minimum Gasteiger partial charge on any atom is -0.425 e. The second-order valence-corrected chi connectivity index (χ2v) is 11.2. The number of carbonyl (C=O) groups is 2. The number of nitrogens with one attached hydrogen (secondary N) is 4. The average molecular weight is 557 g/mol. The lowest BCUT2D eigenvalue weighted by molar-refractivity contribution is -0.146. The van der Waals surface area contributed by atoms with E-state index in [0.29, 0.717) is 32.1 Å². The van der Waals surface area contributed by atoms with Gasteiger partial charge in [0.2, 0.25) is 11.8 Å². The molecule has 0 aromatic heterocycles. The van der Waals surface area contributed by atoms with Gasteiger partial charge in [0.15, 0.2) is 5.96 Å². The summed E-state index contributed by atoms with van der Waals surface area (Å²) in [5, 5.41) is 26.4. The number of guanidine groups is 1. The van der Waals surface area contributed by atoms with E-state index in [1.807, 2.05) is 30.3 Å². The van der Waals surface area contributed by atoms with Crippen molar-refractivity contribution in [3.05, 3.63) is 66.2 Å². The van der Waals surface area contributed by atoms with E-state index in [1.165, 1.54) is 24.3 Å². The Bertz CT molecular complexity index is 1210. The second kappa shape index (κ2) is 14.1. The molecule has 1 aliphatic rings. The highest BCUT2D eigenvalue weighted by Crippen LogP contribution is 2.37. The van der Waals surface area contributed by atoms with Crippen LogP contribution in [-0.2, 0) is 30.4 Å². The van der Waals surface area contributed by atoms with Crippen LogP contribution in [0.3, 0.4) is 0 Å². The normalized spacial score (nSPS) is 15.5. The van der Waals surface area contributed by atoms with Crippen LogP contribution in [0.25, 0.3) is 0 Å². The quantitative estimate of drug-likeness (QED) is 0.0702. The largest absolute Gasteiger partial charge is 0.494 e. The van der Waals surface area contributed by atoms with Crippen molar-refractivity contribution in [1.29, 1.82) is 5.41 Å². The van der Waals surface area contributed by atoms with Crippen LogP contribution in [0.4, 0.5) is 0 Å². The van der Waals surface area contributed by atoms with Crippen molar-refractivity contribution in [2.24, 2.45) is 11.1 Å². The first-order valence-electron chi connectivity index (χ1n) is 13.0. The van der Waals surface area contributed by atoms with Crippen molar-refractivity contribution in [1.82, 2.24) is 16.0 Å². The summed E-state index contributed by atoms with van der Waals surface area (Å²) < 4.78 is 30.5. The Morgan fingerprint density at radius 2 is 1.62 bits per heavy atom. The first-order valence-corrected chi connectivity index (χ1v) is 14.4. The molecule has 2 amide bonds. The third-order valence-corrected chi connectivity index (χ3v) is 8.10. The molecule has 0 saturated heterocycles. The van der Waals surface area contributed by atoms with E-state index in [1.54, 1.807) is 6.07 Å². The summed E-state index contributed by atoms with van der Waals surface area (Å²) in [6.07, 6.45) is 3.33. The third-order valence-electron chi connectivity index (χ3n) is 6.80. The summed E-state index contributed by atoms with van der Waals surface area (Å²) in [6.45, 7) is 0.512. The van der Waals surface area contributed by atoms with Gasteiger partial charge >= 0.3 is 7.12 Å². The molecule has 7 N–H and O–H groups in total. The van der Waals surface area contributed by atoms with E-state index in [9.17, 15) is 23.0 Å². The van der Waals surface area contributed by atoms with Crippen molar-refractivity contribution >= 4 is 35.0 Å². The molecule has 3 rings (SSSR count). The fourth-order valence-electron chi connectivity index (χ4n) is 4.64. The lowest BCUT2D eigenvalue weighted by Crippen LogP contribution is -2.57. The van der Waals surface area contributed by atoms with Crippen LogP contribution in [0.5, 0.6) is 0 Å². The van der Waals surface area contributed by atoms with E-state index in [0.717, 1.165) is 12.0 Å². The van der Waals surface area contributed by atoms with E-state index < -0.39 is 40.4 Å². The molecule has 0 radical (unpaired) electrons. The summed E-state index contributed by atoms with van der Waals surface area (Å²) in [6, 6.07) is 16.7. The van der Waals surface area contributed by atoms with Crippen molar-refractivity contribution < 1.29 is 27.1 Å². The summed E-state index contributed by atoms with van der Waals surface area (Å²) >= 11 is 0. The number of nitrogens with two attached hydrogens (primary N) is 1. The molecule has 0 aliphatic heterocycles. The van der Waals surface area contributed by atoms with Gasteiger partial charge in [0.1, 0.15) is 5.41 Å². The minimum absolute atomic E-state index is 0.0964. The Balaban J connectivity index is 1.77. The molecular formula is C26H36BN5O6S. The SMILES string of the molecule is N=C(N)NCCC[C@H](NC(=O)C1(C(=O)NCc2ccccc2)CCCCC1)B(O)OS(=O)(=O)c1ccccc1. The van der Waals surface area contributed by atoms with Crippen LogP contribution in [0.15, 0.2) is 65.6 Å². The fraction of sp³-hybridized carbons (Fsp3) is 0.423. The topological polar surface area (TPSA) is 184 Å². The standard InChI is InChI=1S/C26H36BN5O6S/c28-25(29)30-18-10-15-22(27(35)38-39(36,37)21-13-6-2-7-14-21)32-24(34)26(16-8-3-9-17-26)23(33)31-19-20-11-4-1-5-12-20/h1-2,4-7,11-14,22,35H,3,8-10,15-19H2,(H,31,33)(H,32,34)(H4,28,29,30)/t22-/m0/s1. The van der Waals surface area contributed by atoms with E-state index >= 15 is 0 Å². The monoisotopic (exact) mass is 557 g/mol. The summed E-state index contributed by atoms with van der Waals surface area (Å²) in [5.41, 5.74) is 4.85. The molecule has 2 aromatic carbocycles. The number of carbonyl (C=O) groups excluding carboxylic acids is 2. The maximum Gasteiger partial charge on any atom is 0.494 e. The smallest absolute Gasteiger partial charge is 0.425 e.